The zero-order valence-corrected chi connectivity index (χ0v) is 51.9. The summed E-state index contributed by atoms with van der Waals surface area (Å²) < 4.78 is 54.8. The van der Waals surface area contributed by atoms with Crippen molar-refractivity contribution in [3.05, 3.63) is 126 Å². The molecule has 0 aliphatic heterocycles. The van der Waals surface area contributed by atoms with Crippen LogP contribution in [-0.2, 0) is 0 Å². The number of nitrogens with one attached hydrogen (secondary N) is 3. The van der Waals surface area contributed by atoms with E-state index in [2.05, 4.69) is 16.0 Å². The van der Waals surface area contributed by atoms with Crippen LogP contribution < -0.4 is 58.6 Å². The smallest absolute Gasteiger partial charge is 0.255 e. The van der Waals surface area contributed by atoms with Gasteiger partial charge >= 0.3 is 0 Å². The Morgan fingerprint density at radius 3 is 0.655 bits per heavy atom. The molecule has 3 amide bonds. The Bertz CT molecular complexity index is 2890. The maximum Gasteiger partial charge on any atom is 0.255 e. The zero-order chi connectivity index (χ0) is 61.9. The standard InChI is InChI=1S/C69H84N6O12/c1-10-31-79-55-40-49(41-56(80-32-11-2)61(55)85-37-16-7)67(76)70-52-25-19-46(20-26-52)64-73-65(47-21-27-53(28-22-47)71-68(77)50-42-57(81-33-12-3)62(86-38-17-8)58(43-50)82-34-13-4)75-66(74-64)48-23-29-54(30-24-48)72-69(78)51-44-59(83-35-14-5)63(87-39-18-9)60(45-51)84-36-15-6/h19-30,40-45H,10-18,31-39H2,1-9H3,(H,70,76)(H,71,77)(H,72,78). The minimum absolute atomic E-state index is 0.343. The number of ether oxygens (including phenoxy) is 9. The number of nitrogens with zero attached hydrogens (tertiary/aromatic N) is 3. The first-order valence-electron chi connectivity index (χ1n) is 30.7. The van der Waals surface area contributed by atoms with Crippen LogP contribution in [0, 0.1) is 0 Å². The number of benzene rings is 6. The lowest BCUT2D eigenvalue weighted by Crippen LogP contribution is -2.14. The van der Waals surface area contributed by atoms with E-state index in [1.165, 1.54) is 0 Å². The van der Waals surface area contributed by atoms with Crippen LogP contribution >= 0.6 is 0 Å². The van der Waals surface area contributed by atoms with Crippen LogP contribution in [0.5, 0.6) is 51.7 Å². The van der Waals surface area contributed by atoms with Gasteiger partial charge in [0.05, 0.1) is 59.5 Å². The van der Waals surface area contributed by atoms with E-state index in [1.807, 2.05) is 98.7 Å². The summed E-state index contributed by atoms with van der Waals surface area (Å²) in [7, 11) is 0. The highest BCUT2D eigenvalue weighted by Crippen LogP contribution is 2.43. The minimum atomic E-state index is -0.366. The number of anilines is 3. The molecule has 7 rings (SSSR count). The Morgan fingerprint density at radius 1 is 0.287 bits per heavy atom. The SMILES string of the molecule is CCCOc1cc(C(=O)Nc2ccc(-c3nc(-c4ccc(NC(=O)c5cc(OCCC)c(OCCC)c(OCCC)c5)cc4)nc(-c4ccc(NC(=O)c5cc(OCCC)c(OCCC)c(OCCC)c5)cc4)n3)cc2)cc(OCCC)c1OCCC. The Labute approximate surface area is 512 Å². The van der Waals surface area contributed by atoms with Gasteiger partial charge in [0, 0.05) is 50.4 Å². The monoisotopic (exact) mass is 1190 g/mol. The normalized spacial score (nSPS) is 10.9. The van der Waals surface area contributed by atoms with Crippen molar-refractivity contribution in [2.75, 3.05) is 75.4 Å². The van der Waals surface area contributed by atoms with Crippen molar-refractivity contribution in [1.82, 2.24) is 15.0 Å². The van der Waals surface area contributed by atoms with Crippen LogP contribution in [0.2, 0.25) is 0 Å². The molecule has 1 heterocycles. The van der Waals surface area contributed by atoms with Crippen LogP contribution in [0.1, 0.15) is 151 Å². The molecule has 0 saturated heterocycles. The van der Waals surface area contributed by atoms with Crippen LogP contribution in [0.25, 0.3) is 34.2 Å². The predicted octanol–water partition coefficient (Wildman–Crippen LogP) is 15.7. The molecule has 0 saturated carbocycles. The minimum Gasteiger partial charge on any atom is -0.490 e. The van der Waals surface area contributed by atoms with Gasteiger partial charge in [-0.15, -0.1) is 0 Å². The van der Waals surface area contributed by atoms with Gasteiger partial charge in [-0.1, -0.05) is 62.3 Å². The molecule has 462 valence electrons. The Morgan fingerprint density at radius 2 is 0.471 bits per heavy atom. The fourth-order valence-corrected chi connectivity index (χ4v) is 8.56. The van der Waals surface area contributed by atoms with Gasteiger partial charge in [0.2, 0.25) is 17.2 Å². The molecule has 0 atom stereocenters. The molecule has 0 aliphatic rings. The average molecular weight is 1190 g/mol. The third-order valence-corrected chi connectivity index (χ3v) is 12.8. The second-order valence-electron chi connectivity index (χ2n) is 20.4. The fourth-order valence-electron chi connectivity index (χ4n) is 8.56. The van der Waals surface area contributed by atoms with Gasteiger partial charge in [-0.25, -0.2) is 15.0 Å². The molecule has 7 aromatic rings. The Hall–Kier alpha value is -9.06. The van der Waals surface area contributed by atoms with Crippen molar-refractivity contribution in [3.8, 4) is 85.9 Å². The van der Waals surface area contributed by atoms with Crippen LogP contribution in [-0.4, -0.2) is 92.1 Å². The topological polar surface area (TPSA) is 209 Å². The molecule has 0 spiro atoms. The summed E-state index contributed by atoms with van der Waals surface area (Å²) in [5.74, 6) is 4.02. The molecule has 18 nitrogen and oxygen atoms in total. The number of carbonyl (C=O) groups excluding carboxylic acids is 3. The second-order valence-corrected chi connectivity index (χ2v) is 20.4. The van der Waals surface area contributed by atoms with Crippen molar-refractivity contribution in [2.45, 2.75) is 120 Å². The van der Waals surface area contributed by atoms with Gasteiger partial charge in [-0.3, -0.25) is 14.4 Å². The molecular formula is C69H84N6O12. The molecule has 18 heteroatoms. The van der Waals surface area contributed by atoms with Crippen LogP contribution in [0.3, 0.4) is 0 Å². The number of carbonyl (C=O) groups is 3. The highest BCUT2D eigenvalue weighted by Gasteiger charge is 2.24. The maximum absolute atomic E-state index is 14.0. The second kappa shape index (κ2) is 34.2. The van der Waals surface area contributed by atoms with Gasteiger partial charge in [0.1, 0.15) is 0 Å². The number of aromatic nitrogens is 3. The molecule has 3 N–H and O–H groups in total. The zero-order valence-electron chi connectivity index (χ0n) is 51.9. The van der Waals surface area contributed by atoms with E-state index in [0.29, 0.717) is 179 Å². The predicted molar refractivity (Wildman–Crippen MR) is 341 cm³/mol. The Balaban J connectivity index is 1.20. The summed E-state index contributed by atoms with van der Waals surface area (Å²) in [6, 6.07) is 31.7. The molecule has 0 fully saturated rings. The van der Waals surface area contributed by atoms with E-state index in [9.17, 15) is 14.4 Å². The van der Waals surface area contributed by atoms with E-state index in [1.54, 1.807) is 72.8 Å². The van der Waals surface area contributed by atoms with Gasteiger partial charge in [0.25, 0.3) is 17.7 Å². The van der Waals surface area contributed by atoms with E-state index in [-0.39, 0.29) is 17.7 Å². The van der Waals surface area contributed by atoms with Crippen LogP contribution in [0.15, 0.2) is 109 Å². The Kier molecular flexibility index (Phi) is 25.7. The molecule has 1 aromatic heterocycles. The van der Waals surface area contributed by atoms with E-state index in [0.717, 1.165) is 57.8 Å². The van der Waals surface area contributed by atoms with Crippen LogP contribution in [0.4, 0.5) is 17.1 Å². The highest BCUT2D eigenvalue weighted by atomic mass is 16.6. The summed E-state index contributed by atoms with van der Waals surface area (Å²) in [5.41, 5.74) is 4.52. The van der Waals surface area contributed by atoms with E-state index < -0.39 is 0 Å². The molecule has 87 heavy (non-hydrogen) atoms. The number of hydrogen-bond acceptors (Lipinski definition) is 15. The molecule has 0 radical (unpaired) electrons. The molecule has 0 aliphatic carbocycles. The van der Waals surface area contributed by atoms with Crippen molar-refractivity contribution >= 4 is 34.8 Å². The first kappa shape index (κ1) is 65.5. The first-order chi connectivity index (χ1) is 42.5. The van der Waals surface area contributed by atoms with E-state index in [4.69, 9.17) is 57.6 Å². The first-order valence-corrected chi connectivity index (χ1v) is 30.7. The van der Waals surface area contributed by atoms with Crippen molar-refractivity contribution in [1.29, 1.82) is 0 Å². The van der Waals surface area contributed by atoms with Crippen molar-refractivity contribution < 1.29 is 57.0 Å². The summed E-state index contributed by atoms with van der Waals surface area (Å²) in [6.07, 6.45) is 6.96. The van der Waals surface area contributed by atoms with Crippen molar-refractivity contribution in [3.63, 3.8) is 0 Å². The lowest BCUT2D eigenvalue weighted by atomic mass is 10.1. The molecular weight excluding hydrogens is 1100 g/mol. The van der Waals surface area contributed by atoms with Gasteiger partial charge in [-0.2, -0.15) is 0 Å². The third-order valence-electron chi connectivity index (χ3n) is 12.8. The van der Waals surface area contributed by atoms with Gasteiger partial charge in [-0.05, 0) is 167 Å². The number of amides is 3. The maximum atomic E-state index is 14.0. The van der Waals surface area contributed by atoms with E-state index >= 15 is 0 Å². The molecule has 0 unspecified atom stereocenters. The average Bonchev–Trinajstić information content (AvgIpc) is 2.37. The molecule has 0 bridgehead atoms. The van der Waals surface area contributed by atoms with Crippen molar-refractivity contribution in [2.24, 2.45) is 0 Å². The lowest BCUT2D eigenvalue weighted by Gasteiger charge is -2.18. The summed E-state index contributed by atoms with van der Waals surface area (Å²) in [4.78, 5) is 56.8. The molecule has 6 aromatic carbocycles. The largest absolute Gasteiger partial charge is 0.490 e. The summed E-state index contributed by atoms with van der Waals surface area (Å²) in [5, 5.41) is 9.06. The summed E-state index contributed by atoms with van der Waals surface area (Å²) in [6.45, 7) is 22.1. The van der Waals surface area contributed by atoms with Gasteiger partial charge < -0.3 is 58.6 Å². The highest BCUT2D eigenvalue weighted by molar-refractivity contribution is 6.07. The fraction of sp³-hybridized carbons (Fsp3) is 0.391. The quantitative estimate of drug-likeness (QED) is 0.0334. The lowest BCUT2D eigenvalue weighted by molar-refractivity contribution is 0.101. The number of rotatable bonds is 36. The summed E-state index contributed by atoms with van der Waals surface area (Å²) >= 11 is 0. The van der Waals surface area contributed by atoms with Gasteiger partial charge in [0.15, 0.2) is 52.0 Å². The third kappa shape index (κ3) is 18.5. The number of hydrogen-bond donors (Lipinski definition) is 3.